The molecule has 0 radical (unpaired) electrons. The molecule has 4 nitrogen and oxygen atoms in total. The summed E-state index contributed by atoms with van der Waals surface area (Å²) in [4.78, 5) is -0.314. The highest BCUT2D eigenvalue weighted by atomic mass is 32.2. The zero-order valence-electron chi connectivity index (χ0n) is 10.2. The molecule has 1 aliphatic carbocycles. The summed E-state index contributed by atoms with van der Waals surface area (Å²) in [6.45, 7) is 1.69. The number of hydrogen-bond acceptors (Lipinski definition) is 3. The second-order valence-corrected chi connectivity index (χ2v) is 6.48. The molecule has 0 heterocycles. The minimum Gasteiger partial charge on any atom is -0.326 e. The Hall–Kier alpha value is -0.980. The predicted octanol–water partition coefficient (Wildman–Crippen LogP) is 1.15. The lowest BCUT2D eigenvalue weighted by molar-refractivity contribution is 0.534. The third-order valence-electron chi connectivity index (χ3n) is 3.18. The summed E-state index contributed by atoms with van der Waals surface area (Å²) in [7, 11) is -3.82. The summed E-state index contributed by atoms with van der Waals surface area (Å²) in [6, 6.07) is 4.12. The summed E-state index contributed by atoms with van der Waals surface area (Å²) in [5.41, 5.74) is 6.12. The maximum absolute atomic E-state index is 13.7. The molecule has 0 aromatic heterocycles. The van der Waals surface area contributed by atoms with Crippen LogP contribution >= 0.6 is 0 Å². The van der Waals surface area contributed by atoms with Crippen LogP contribution in [0.15, 0.2) is 23.1 Å². The molecule has 0 amide bonds. The molecule has 1 aromatic rings. The largest absolute Gasteiger partial charge is 0.326 e. The van der Waals surface area contributed by atoms with Crippen molar-refractivity contribution in [3.63, 3.8) is 0 Å². The van der Waals surface area contributed by atoms with Gasteiger partial charge < -0.3 is 5.73 Å². The van der Waals surface area contributed by atoms with Crippen LogP contribution in [0.4, 0.5) is 4.39 Å². The first kappa shape index (κ1) is 13.5. The van der Waals surface area contributed by atoms with Crippen LogP contribution in [0.25, 0.3) is 0 Å². The van der Waals surface area contributed by atoms with Gasteiger partial charge in [0.05, 0.1) is 0 Å². The van der Waals surface area contributed by atoms with Gasteiger partial charge in [0.25, 0.3) is 0 Å². The zero-order chi connectivity index (χ0) is 13.3. The van der Waals surface area contributed by atoms with Crippen molar-refractivity contribution < 1.29 is 12.8 Å². The molecule has 1 saturated carbocycles. The van der Waals surface area contributed by atoms with E-state index in [1.54, 1.807) is 0 Å². The van der Waals surface area contributed by atoms with Crippen molar-refractivity contribution in [2.45, 2.75) is 30.7 Å². The van der Waals surface area contributed by atoms with Gasteiger partial charge in [0.1, 0.15) is 10.7 Å². The molecule has 0 saturated heterocycles. The number of benzene rings is 1. The first-order valence-corrected chi connectivity index (χ1v) is 7.40. The number of sulfonamides is 1. The van der Waals surface area contributed by atoms with Gasteiger partial charge in [-0.15, -0.1) is 0 Å². The van der Waals surface area contributed by atoms with E-state index in [0.29, 0.717) is 11.5 Å². The van der Waals surface area contributed by atoms with Gasteiger partial charge >= 0.3 is 0 Å². The SMILES string of the molecule is Cc1cccc(S(=O)(=O)NCC(N)C2CC2)c1F. The number of rotatable bonds is 5. The van der Waals surface area contributed by atoms with Gasteiger partial charge in [-0.05, 0) is 37.3 Å². The van der Waals surface area contributed by atoms with Crippen LogP contribution in [-0.4, -0.2) is 21.0 Å². The van der Waals surface area contributed by atoms with E-state index in [-0.39, 0.29) is 17.5 Å². The molecule has 2 rings (SSSR count). The minimum absolute atomic E-state index is 0.153. The van der Waals surface area contributed by atoms with E-state index in [0.717, 1.165) is 12.8 Å². The molecule has 1 atom stereocenters. The van der Waals surface area contributed by atoms with Crippen molar-refractivity contribution in [3.8, 4) is 0 Å². The van der Waals surface area contributed by atoms with Gasteiger partial charge in [0.15, 0.2) is 0 Å². The number of nitrogens with two attached hydrogens (primary N) is 1. The molecule has 1 unspecified atom stereocenters. The molecule has 0 aliphatic heterocycles. The maximum Gasteiger partial charge on any atom is 0.243 e. The molecule has 0 spiro atoms. The smallest absolute Gasteiger partial charge is 0.243 e. The second-order valence-electron chi connectivity index (χ2n) is 4.74. The van der Waals surface area contributed by atoms with Gasteiger partial charge in [-0.2, -0.15) is 0 Å². The Morgan fingerprint density at radius 3 is 2.78 bits per heavy atom. The van der Waals surface area contributed by atoms with Crippen molar-refractivity contribution in [2.75, 3.05) is 6.54 Å². The molecule has 1 aromatic carbocycles. The highest BCUT2D eigenvalue weighted by molar-refractivity contribution is 7.89. The van der Waals surface area contributed by atoms with Crippen LogP contribution in [0.3, 0.4) is 0 Å². The standard InChI is InChI=1S/C12H17FN2O2S/c1-8-3-2-4-11(12(8)13)18(16,17)15-7-10(14)9-5-6-9/h2-4,9-10,15H,5-7,14H2,1H3. The van der Waals surface area contributed by atoms with Gasteiger partial charge in [-0.25, -0.2) is 17.5 Å². The van der Waals surface area contributed by atoms with E-state index < -0.39 is 15.8 Å². The molecule has 0 bridgehead atoms. The van der Waals surface area contributed by atoms with Crippen molar-refractivity contribution in [3.05, 3.63) is 29.6 Å². The van der Waals surface area contributed by atoms with E-state index in [4.69, 9.17) is 5.73 Å². The van der Waals surface area contributed by atoms with Crippen LogP contribution in [0.1, 0.15) is 18.4 Å². The Morgan fingerprint density at radius 1 is 1.50 bits per heavy atom. The van der Waals surface area contributed by atoms with Crippen molar-refractivity contribution in [1.82, 2.24) is 4.72 Å². The van der Waals surface area contributed by atoms with Crippen LogP contribution in [-0.2, 0) is 10.0 Å². The average molecular weight is 272 g/mol. The number of aryl methyl sites for hydroxylation is 1. The van der Waals surface area contributed by atoms with E-state index in [9.17, 15) is 12.8 Å². The van der Waals surface area contributed by atoms with Crippen molar-refractivity contribution in [1.29, 1.82) is 0 Å². The van der Waals surface area contributed by atoms with Crippen molar-refractivity contribution >= 4 is 10.0 Å². The molecule has 100 valence electrons. The molecular formula is C12H17FN2O2S. The maximum atomic E-state index is 13.7. The Bertz CT molecular complexity index is 541. The lowest BCUT2D eigenvalue weighted by atomic mass is 10.2. The third-order valence-corrected chi connectivity index (χ3v) is 4.62. The highest BCUT2D eigenvalue weighted by Gasteiger charge is 2.30. The summed E-state index contributed by atoms with van der Waals surface area (Å²) < 4.78 is 40.0. The predicted molar refractivity (Wildman–Crippen MR) is 67.0 cm³/mol. The Morgan fingerprint density at radius 2 is 2.17 bits per heavy atom. The van der Waals surface area contributed by atoms with E-state index in [1.165, 1.54) is 25.1 Å². The molecule has 1 fully saturated rings. The molecular weight excluding hydrogens is 255 g/mol. The summed E-state index contributed by atoms with van der Waals surface area (Å²) in [6.07, 6.45) is 2.09. The number of nitrogens with one attached hydrogen (secondary N) is 1. The van der Waals surface area contributed by atoms with Gasteiger partial charge in [-0.1, -0.05) is 12.1 Å². The van der Waals surface area contributed by atoms with Crippen LogP contribution in [0, 0.1) is 18.7 Å². The lowest BCUT2D eigenvalue weighted by Gasteiger charge is -2.13. The minimum atomic E-state index is -3.82. The van der Waals surface area contributed by atoms with E-state index in [1.807, 2.05) is 0 Å². The van der Waals surface area contributed by atoms with E-state index >= 15 is 0 Å². The molecule has 18 heavy (non-hydrogen) atoms. The quantitative estimate of drug-likeness (QED) is 0.844. The Labute approximate surface area is 106 Å². The fourth-order valence-corrected chi connectivity index (χ4v) is 3.02. The van der Waals surface area contributed by atoms with Crippen LogP contribution in [0.2, 0.25) is 0 Å². The zero-order valence-corrected chi connectivity index (χ0v) is 11.0. The summed E-state index contributed by atoms with van der Waals surface area (Å²) >= 11 is 0. The van der Waals surface area contributed by atoms with Gasteiger partial charge in [-0.3, -0.25) is 0 Å². The molecule has 1 aliphatic rings. The molecule has 6 heteroatoms. The van der Waals surface area contributed by atoms with E-state index in [2.05, 4.69) is 4.72 Å². The van der Waals surface area contributed by atoms with Gasteiger partial charge in [0.2, 0.25) is 10.0 Å². The third kappa shape index (κ3) is 2.88. The fourth-order valence-electron chi connectivity index (χ4n) is 1.80. The van der Waals surface area contributed by atoms with Gasteiger partial charge in [0, 0.05) is 12.6 Å². The second kappa shape index (κ2) is 4.95. The Balaban J connectivity index is 2.12. The number of hydrogen-bond donors (Lipinski definition) is 2. The fraction of sp³-hybridized carbons (Fsp3) is 0.500. The summed E-state index contributed by atoms with van der Waals surface area (Å²) in [5, 5.41) is 0. The normalized spacial score (nSPS) is 17.7. The van der Waals surface area contributed by atoms with Crippen LogP contribution < -0.4 is 10.5 Å². The van der Waals surface area contributed by atoms with Crippen LogP contribution in [0.5, 0.6) is 0 Å². The summed E-state index contributed by atoms with van der Waals surface area (Å²) in [5.74, 6) is -0.306. The van der Waals surface area contributed by atoms with Crippen molar-refractivity contribution in [2.24, 2.45) is 11.7 Å². The average Bonchev–Trinajstić information content (AvgIpc) is 3.13. The first-order valence-electron chi connectivity index (χ1n) is 5.92. The monoisotopic (exact) mass is 272 g/mol. The highest BCUT2D eigenvalue weighted by Crippen LogP contribution is 2.31. The topological polar surface area (TPSA) is 72.2 Å². The lowest BCUT2D eigenvalue weighted by Crippen LogP contribution is -2.38. The molecule has 3 N–H and O–H groups in total. The first-order chi connectivity index (χ1) is 8.42. The Kier molecular flexibility index (Phi) is 3.70. The number of halogens is 1.